The van der Waals surface area contributed by atoms with E-state index in [0.29, 0.717) is 6.54 Å². The molecule has 0 spiro atoms. The minimum absolute atomic E-state index is 0.0186. The van der Waals surface area contributed by atoms with Crippen LogP contribution in [0.4, 0.5) is 24.9 Å². The number of rotatable bonds is 5. The zero-order chi connectivity index (χ0) is 14.1. The lowest BCUT2D eigenvalue weighted by molar-refractivity contribution is -0.151. The average Bonchev–Trinajstić information content (AvgIpc) is 3.10. The third-order valence-corrected chi connectivity index (χ3v) is 3.20. The van der Waals surface area contributed by atoms with E-state index in [9.17, 15) is 13.2 Å². The molecule has 0 saturated heterocycles. The van der Waals surface area contributed by atoms with E-state index in [1.807, 2.05) is 6.92 Å². The van der Waals surface area contributed by atoms with Crippen molar-refractivity contribution in [2.45, 2.75) is 37.9 Å². The summed E-state index contributed by atoms with van der Waals surface area (Å²) >= 11 is 5.83. The van der Waals surface area contributed by atoms with Crippen molar-refractivity contribution >= 4 is 23.4 Å². The van der Waals surface area contributed by atoms with Gasteiger partial charge in [0, 0.05) is 6.54 Å². The summed E-state index contributed by atoms with van der Waals surface area (Å²) in [6, 6.07) is 0. The Labute approximate surface area is 113 Å². The highest BCUT2D eigenvalue weighted by atomic mass is 35.5. The number of hydrogen-bond acceptors (Lipinski definition) is 4. The van der Waals surface area contributed by atoms with E-state index in [4.69, 9.17) is 11.6 Å². The zero-order valence-electron chi connectivity index (χ0n) is 10.3. The van der Waals surface area contributed by atoms with Crippen molar-refractivity contribution < 1.29 is 13.2 Å². The van der Waals surface area contributed by atoms with Gasteiger partial charge in [-0.3, -0.25) is 0 Å². The molecule has 4 nitrogen and oxygen atoms in total. The molecule has 2 rings (SSSR count). The number of nitrogens with zero attached hydrogens (tertiary/aromatic N) is 2. The standard InChI is InChI=1S/C11H14ClF3N4/c1-2-5-16-9-17-6-7(12)8(18-9)19-10(3-4-10)11(13,14)15/h6H,2-5H2,1H3,(H2,16,17,18,19). The van der Waals surface area contributed by atoms with Crippen molar-refractivity contribution in [3.63, 3.8) is 0 Å². The van der Waals surface area contributed by atoms with Gasteiger partial charge < -0.3 is 10.6 Å². The molecule has 1 saturated carbocycles. The largest absolute Gasteiger partial charge is 0.411 e. The quantitative estimate of drug-likeness (QED) is 0.873. The predicted molar refractivity (Wildman–Crippen MR) is 67.5 cm³/mol. The second-order valence-corrected chi connectivity index (χ2v) is 4.93. The Hall–Kier alpha value is -1.24. The van der Waals surface area contributed by atoms with Crippen LogP contribution < -0.4 is 10.6 Å². The van der Waals surface area contributed by atoms with E-state index in [1.165, 1.54) is 6.20 Å². The van der Waals surface area contributed by atoms with E-state index in [-0.39, 0.29) is 29.6 Å². The molecule has 0 bridgehead atoms. The second-order valence-electron chi connectivity index (χ2n) is 4.52. The highest BCUT2D eigenvalue weighted by Gasteiger charge is 2.63. The Balaban J connectivity index is 2.16. The summed E-state index contributed by atoms with van der Waals surface area (Å²) in [4.78, 5) is 7.90. The van der Waals surface area contributed by atoms with Crippen LogP contribution in [0.3, 0.4) is 0 Å². The summed E-state index contributed by atoms with van der Waals surface area (Å²) in [5.41, 5.74) is -1.88. The van der Waals surface area contributed by atoms with Crippen molar-refractivity contribution in [3.8, 4) is 0 Å². The van der Waals surface area contributed by atoms with Gasteiger partial charge >= 0.3 is 6.18 Å². The minimum Gasteiger partial charge on any atom is -0.355 e. The average molecular weight is 295 g/mol. The molecule has 8 heteroatoms. The van der Waals surface area contributed by atoms with Gasteiger partial charge in [0.15, 0.2) is 5.82 Å². The van der Waals surface area contributed by atoms with E-state index in [1.54, 1.807) is 0 Å². The normalized spacial score (nSPS) is 17.1. The molecule has 19 heavy (non-hydrogen) atoms. The molecule has 0 atom stereocenters. The van der Waals surface area contributed by atoms with E-state index >= 15 is 0 Å². The van der Waals surface area contributed by atoms with Crippen LogP contribution in [0.15, 0.2) is 6.20 Å². The van der Waals surface area contributed by atoms with Crippen LogP contribution in [-0.4, -0.2) is 28.2 Å². The van der Waals surface area contributed by atoms with Gasteiger partial charge in [0.1, 0.15) is 10.6 Å². The van der Waals surface area contributed by atoms with Crippen LogP contribution in [-0.2, 0) is 0 Å². The third kappa shape index (κ3) is 3.02. The van der Waals surface area contributed by atoms with E-state index in [0.717, 1.165) is 6.42 Å². The first-order valence-electron chi connectivity index (χ1n) is 5.99. The van der Waals surface area contributed by atoms with Gasteiger partial charge in [0.05, 0.1) is 6.20 Å². The number of alkyl halides is 3. The van der Waals surface area contributed by atoms with Crippen molar-refractivity contribution in [2.75, 3.05) is 17.2 Å². The van der Waals surface area contributed by atoms with Crippen LogP contribution in [0.1, 0.15) is 26.2 Å². The molecule has 1 fully saturated rings. The molecule has 2 N–H and O–H groups in total. The molecule has 1 heterocycles. The van der Waals surface area contributed by atoms with E-state index in [2.05, 4.69) is 20.6 Å². The lowest BCUT2D eigenvalue weighted by Gasteiger charge is -2.22. The molecule has 1 aromatic heterocycles. The molecular formula is C11H14ClF3N4. The topological polar surface area (TPSA) is 49.8 Å². The van der Waals surface area contributed by atoms with Crippen LogP contribution >= 0.6 is 11.6 Å². The van der Waals surface area contributed by atoms with Gasteiger partial charge in [-0.15, -0.1) is 0 Å². The first-order chi connectivity index (χ1) is 8.88. The highest BCUT2D eigenvalue weighted by Crippen LogP contribution is 2.51. The van der Waals surface area contributed by atoms with E-state index < -0.39 is 11.7 Å². The SMILES string of the molecule is CCCNc1ncc(Cl)c(NC2(C(F)(F)F)CC2)n1. The lowest BCUT2D eigenvalue weighted by atomic mass is 10.2. The summed E-state index contributed by atoms with van der Waals surface area (Å²) in [6.07, 6.45) is -2.08. The van der Waals surface area contributed by atoms with Crippen LogP contribution in [0.5, 0.6) is 0 Å². The van der Waals surface area contributed by atoms with Gasteiger partial charge in [-0.2, -0.15) is 18.2 Å². The molecule has 0 amide bonds. The Morgan fingerprint density at radius 1 is 1.42 bits per heavy atom. The molecule has 1 aliphatic carbocycles. The second kappa shape index (κ2) is 5.03. The lowest BCUT2D eigenvalue weighted by Crippen LogP contribution is -2.39. The number of nitrogens with one attached hydrogen (secondary N) is 2. The van der Waals surface area contributed by atoms with Crippen LogP contribution in [0.25, 0.3) is 0 Å². The summed E-state index contributed by atoms with van der Waals surface area (Å²) in [6.45, 7) is 2.61. The maximum atomic E-state index is 12.9. The summed E-state index contributed by atoms with van der Waals surface area (Å²) < 4.78 is 38.6. The Morgan fingerprint density at radius 3 is 2.63 bits per heavy atom. The smallest absolute Gasteiger partial charge is 0.355 e. The third-order valence-electron chi connectivity index (χ3n) is 2.93. The molecule has 106 valence electrons. The van der Waals surface area contributed by atoms with Crippen LogP contribution in [0.2, 0.25) is 5.02 Å². The molecule has 1 aromatic rings. The predicted octanol–water partition coefficient (Wildman–Crippen LogP) is 3.46. The van der Waals surface area contributed by atoms with Crippen LogP contribution in [0, 0.1) is 0 Å². The molecule has 0 unspecified atom stereocenters. The van der Waals surface area contributed by atoms with Gasteiger partial charge in [-0.05, 0) is 19.3 Å². The molecule has 0 aromatic carbocycles. The minimum atomic E-state index is -4.31. The maximum Gasteiger partial charge on any atom is 0.411 e. The Bertz CT molecular complexity index is 460. The summed E-state index contributed by atoms with van der Waals surface area (Å²) in [7, 11) is 0. The summed E-state index contributed by atoms with van der Waals surface area (Å²) in [5, 5.41) is 5.39. The molecular weight excluding hydrogens is 281 g/mol. The number of hydrogen-bond donors (Lipinski definition) is 2. The molecule has 0 aliphatic heterocycles. The Morgan fingerprint density at radius 2 is 2.11 bits per heavy atom. The fraction of sp³-hybridized carbons (Fsp3) is 0.636. The number of anilines is 2. The Kier molecular flexibility index (Phi) is 3.75. The van der Waals surface area contributed by atoms with Crippen molar-refractivity contribution in [2.24, 2.45) is 0 Å². The first kappa shape index (κ1) is 14.2. The summed E-state index contributed by atoms with van der Waals surface area (Å²) in [5.74, 6) is 0.289. The fourth-order valence-electron chi connectivity index (χ4n) is 1.61. The van der Waals surface area contributed by atoms with Gasteiger partial charge in [-0.25, -0.2) is 4.98 Å². The van der Waals surface area contributed by atoms with Gasteiger partial charge in [-0.1, -0.05) is 18.5 Å². The number of halogens is 4. The monoisotopic (exact) mass is 294 g/mol. The van der Waals surface area contributed by atoms with Crippen molar-refractivity contribution in [1.82, 2.24) is 9.97 Å². The zero-order valence-corrected chi connectivity index (χ0v) is 11.1. The fourth-order valence-corrected chi connectivity index (χ4v) is 1.75. The molecule has 1 aliphatic rings. The highest BCUT2D eigenvalue weighted by molar-refractivity contribution is 6.32. The number of aromatic nitrogens is 2. The van der Waals surface area contributed by atoms with Gasteiger partial charge in [0.2, 0.25) is 5.95 Å². The van der Waals surface area contributed by atoms with Crippen molar-refractivity contribution in [1.29, 1.82) is 0 Å². The van der Waals surface area contributed by atoms with Gasteiger partial charge in [0.25, 0.3) is 0 Å². The molecule has 0 radical (unpaired) electrons. The maximum absolute atomic E-state index is 12.9. The first-order valence-corrected chi connectivity index (χ1v) is 6.37. The van der Waals surface area contributed by atoms with Crippen molar-refractivity contribution in [3.05, 3.63) is 11.2 Å².